The number of hydrogen-bond donors (Lipinski definition) is 1. The maximum atomic E-state index is 8.92. The summed E-state index contributed by atoms with van der Waals surface area (Å²) in [5, 5.41) is 8.92. The third-order valence-electron chi connectivity index (χ3n) is 2.15. The number of phenolic OH excluding ortho intramolecular Hbond substituents is 1. The molecule has 0 aromatic heterocycles. The second kappa shape index (κ2) is 6.46. The Morgan fingerprint density at radius 1 is 0.938 bits per heavy atom. The van der Waals surface area contributed by atoms with Crippen molar-refractivity contribution in [3.63, 3.8) is 0 Å². The molecule has 0 aliphatic rings. The summed E-state index contributed by atoms with van der Waals surface area (Å²) in [5.41, 5.74) is 2.10. The zero-order valence-corrected chi connectivity index (χ0v) is 9.43. The Labute approximate surface area is 96.7 Å². The van der Waals surface area contributed by atoms with E-state index >= 15 is 0 Å². The van der Waals surface area contributed by atoms with E-state index in [1.165, 1.54) is 5.56 Å². The van der Waals surface area contributed by atoms with Crippen LogP contribution in [0.2, 0.25) is 0 Å². The minimum Gasteiger partial charge on any atom is -0.508 e. The number of rotatable bonds is 1. The molecular formula is C15H16O. The molecule has 2 aromatic rings. The molecule has 0 radical (unpaired) electrons. The first-order valence-corrected chi connectivity index (χ1v) is 5.16. The molecule has 0 saturated heterocycles. The predicted octanol–water partition coefficient (Wildman–Crippen LogP) is 4.03. The largest absolute Gasteiger partial charge is 0.508 e. The van der Waals surface area contributed by atoms with Gasteiger partial charge in [-0.25, -0.2) is 0 Å². The number of aromatic hydroxyl groups is 1. The summed E-state index contributed by atoms with van der Waals surface area (Å²) in [5.74, 6) is 0.368. The van der Waals surface area contributed by atoms with Crippen LogP contribution in [0.15, 0.2) is 61.2 Å². The Bertz CT molecular complexity index is 411. The first kappa shape index (κ1) is 12.1. The van der Waals surface area contributed by atoms with E-state index in [-0.39, 0.29) is 0 Å². The summed E-state index contributed by atoms with van der Waals surface area (Å²) >= 11 is 0. The molecule has 0 bridgehead atoms. The second-order valence-corrected chi connectivity index (χ2v) is 3.40. The standard InChI is InChI=1S/C8H8.C7H8O/c1-2-8-6-4-3-5-7-8;1-6-4-2-3-5-7(6)8/h2-7H,1H2;2-5,8H,1H3. The molecule has 1 heteroatoms. The van der Waals surface area contributed by atoms with E-state index < -0.39 is 0 Å². The van der Waals surface area contributed by atoms with Crippen LogP contribution in [0.1, 0.15) is 11.1 Å². The minimum absolute atomic E-state index is 0.368. The van der Waals surface area contributed by atoms with Gasteiger partial charge in [0.1, 0.15) is 5.75 Å². The van der Waals surface area contributed by atoms with Crippen molar-refractivity contribution in [1.29, 1.82) is 0 Å². The van der Waals surface area contributed by atoms with Crippen molar-refractivity contribution in [1.82, 2.24) is 0 Å². The molecule has 1 nitrogen and oxygen atoms in total. The molecule has 0 fully saturated rings. The fourth-order valence-electron chi connectivity index (χ4n) is 1.15. The monoisotopic (exact) mass is 212 g/mol. The highest BCUT2D eigenvalue weighted by Gasteiger charge is 1.87. The van der Waals surface area contributed by atoms with Crippen LogP contribution in [0.4, 0.5) is 0 Å². The Morgan fingerprint density at radius 2 is 1.50 bits per heavy atom. The molecule has 1 N–H and O–H groups in total. The first-order valence-electron chi connectivity index (χ1n) is 5.16. The van der Waals surface area contributed by atoms with Crippen molar-refractivity contribution in [3.05, 3.63) is 72.3 Å². The lowest BCUT2D eigenvalue weighted by molar-refractivity contribution is 0.471. The van der Waals surface area contributed by atoms with Gasteiger partial charge in [0, 0.05) is 0 Å². The van der Waals surface area contributed by atoms with Gasteiger partial charge in [-0.2, -0.15) is 0 Å². The van der Waals surface area contributed by atoms with Crippen LogP contribution in [-0.2, 0) is 0 Å². The van der Waals surface area contributed by atoms with Gasteiger partial charge in [-0.3, -0.25) is 0 Å². The number of benzene rings is 2. The van der Waals surface area contributed by atoms with E-state index in [0.717, 1.165) is 5.56 Å². The summed E-state index contributed by atoms with van der Waals surface area (Å²) in [6, 6.07) is 17.3. The lowest BCUT2D eigenvalue weighted by Crippen LogP contribution is -1.68. The van der Waals surface area contributed by atoms with E-state index in [9.17, 15) is 0 Å². The van der Waals surface area contributed by atoms with Gasteiger partial charge in [0.2, 0.25) is 0 Å². The molecule has 82 valence electrons. The summed E-state index contributed by atoms with van der Waals surface area (Å²) < 4.78 is 0. The van der Waals surface area contributed by atoms with Crippen LogP contribution in [0.3, 0.4) is 0 Å². The van der Waals surface area contributed by atoms with Crippen LogP contribution in [0, 0.1) is 6.92 Å². The molecular weight excluding hydrogens is 196 g/mol. The molecule has 0 spiro atoms. The van der Waals surface area contributed by atoms with Gasteiger partial charge in [0.15, 0.2) is 0 Å². The Kier molecular flexibility index (Phi) is 4.87. The summed E-state index contributed by atoms with van der Waals surface area (Å²) in [6.07, 6.45) is 1.83. The van der Waals surface area contributed by atoms with Crippen molar-refractivity contribution < 1.29 is 5.11 Å². The van der Waals surface area contributed by atoms with Gasteiger partial charge in [-0.05, 0) is 24.1 Å². The Morgan fingerprint density at radius 3 is 1.88 bits per heavy atom. The van der Waals surface area contributed by atoms with Crippen LogP contribution >= 0.6 is 0 Å². The number of phenols is 1. The van der Waals surface area contributed by atoms with Crippen LogP contribution in [-0.4, -0.2) is 5.11 Å². The van der Waals surface area contributed by atoms with E-state index in [1.807, 2.05) is 61.5 Å². The van der Waals surface area contributed by atoms with Crippen molar-refractivity contribution in [2.75, 3.05) is 0 Å². The SMILES string of the molecule is C=Cc1ccccc1.Cc1ccccc1O. The maximum absolute atomic E-state index is 8.92. The summed E-state index contributed by atoms with van der Waals surface area (Å²) in [7, 11) is 0. The zero-order valence-electron chi connectivity index (χ0n) is 9.43. The number of para-hydroxylation sites is 1. The highest BCUT2D eigenvalue weighted by Crippen LogP contribution is 2.12. The quantitative estimate of drug-likeness (QED) is 0.756. The van der Waals surface area contributed by atoms with Gasteiger partial charge in [0.25, 0.3) is 0 Å². The second-order valence-electron chi connectivity index (χ2n) is 3.40. The normalized spacial score (nSPS) is 8.81. The fraction of sp³-hybridized carbons (Fsp3) is 0.0667. The molecule has 0 aliphatic heterocycles. The molecule has 0 amide bonds. The third kappa shape index (κ3) is 4.01. The molecule has 0 heterocycles. The van der Waals surface area contributed by atoms with Crippen LogP contribution < -0.4 is 0 Å². The van der Waals surface area contributed by atoms with Crippen LogP contribution in [0.5, 0.6) is 5.75 Å². The predicted molar refractivity (Wildman–Crippen MR) is 69.4 cm³/mol. The molecule has 0 saturated carbocycles. The summed E-state index contributed by atoms with van der Waals surface area (Å²) in [6.45, 7) is 5.50. The molecule has 2 rings (SSSR count). The summed E-state index contributed by atoms with van der Waals surface area (Å²) in [4.78, 5) is 0. The fourth-order valence-corrected chi connectivity index (χ4v) is 1.15. The number of aryl methyl sites for hydroxylation is 1. The van der Waals surface area contributed by atoms with E-state index in [2.05, 4.69) is 6.58 Å². The average molecular weight is 212 g/mol. The first-order chi connectivity index (χ1) is 7.74. The van der Waals surface area contributed by atoms with Gasteiger partial charge in [-0.1, -0.05) is 61.2 Å². The van der Waals surface area contributed by atoms with Crippen LogP contribution in [0.25, 0.3) is 6.08 Å². The van der Waals surface area contributed by atoms with Gasteiger partial charge < -0.3 is 5.11 Å². The Balaban J connectivity index is 0.000000160. The maximum Gasteiger partial charge on any atom is 0.118 e. The molecule has 0 atom stereocenters. The average Bonchev–Trinajstić information content (AvgIpc) is 2.35. The van der Waals surface area contributed by atoms with Crippen molar-refractivity contribution in [2.24, 2.45) is 0 Å². The number of hydrogen-bond acceptors (Lipinski definition) is 1. The lowest BCUT2D eigenvalue weighted by Gasteiger charge is -1.92. The molecule has 2 aromatic carbocycles. The smallest absolute Gasteiger partial charge is 0.118 e. The van der Waals surface area contributed by atoms with E-state index in [1.54, 1.807) is 6.07 Å². The molecule has 0 aliphatic carbocycles. The minimum atomic E-state index is 0.368. The Hall–Kier alpha value is -2.02. The topological polar surface area (TPSA) is 20.2 Å². The zero-order chi connectivity index (χ0) is 11.8. The van der Waals surface area contributed by atoms with Crippen molar-refractivity contribution in [2.45, 2.75) is 6.92 Å². The molecule has 16 heavy (non-hydrogen) atoms. The van der Waals surface area contributed by atoms with Crippen molar-refractivity contribution in [3.8, 4) is 5.75 Å². The highest BCUT2D eigenvalue weighted by molar-refractivity contribution is 5.45. The van der Waals surface area contributed by atoms with E-state index in [4.69, 9.17) is 5.11 Å². The third-order valence-corrected chi connectivity index (χ3v) is 2.15. The van der Waals surface area contributed by atoms with Crippen molar-refractivity contribution >= 4 is 6.08 Å². The molecule has 0 unspecified atom stereocenters. The van der Waals surface area contributed by atoms with E-state index in [0.29, 0.717) is 5.75 Å². The lowest BCUT2D eigenvalue weighted by atomic mass is 10.2. The van der Waals surface area contributed by atoms with Gasteiger partial charge in [-0.15, -0.1) is 0 Å². The van der Waals surface area contributed by atoms with Gasteiger partial charge >= 0.3 is 0 Å². The highest BCUT2D eigenvalue weighted by atomic mass is 16.3. The van der Waals surface area contributed by atoms with Gasteiger partial charge in [0.05, 0.1) is 0 Å².